The number of carbonyl (C=O) groups is 1. The van der Waals surface area contributed by atoms with Gasteiger partial charge < -0.3 is 9.84 Å². The Morgan fingerprint density at radius 2 is 2.36 bits per heavy atom. The van der Waals surface area contributed by atoms with Crippen LogP contribution in [-0.4, -0.2) is 27.4 Å². The number of rotatable bonds is 6. The zero-order chi connectivity index (χ0) is 15.4. The lowest BCUT2D eigenvalue weighted by atomic mass is 10.3. The van der Waals surface area contributed by atoms with Gasteiger partial charge in [-0.25, -0.2) is 0 Å². The maximum Gasteiger partial charge on any atom is 0.273 e. The van der Waals surface area contributed by atoms with Crippen LogP contribution in [0.1, 0.15) is 22.6 Å². The summed E-state index contributed by atoms with van der Waals surface area (Å²) in [6.07, 6.45) is 2.74. The lowest BCUT2D eigenvalue weighted by Gasteiger charge is -2.03. The molecule has 0 bridgehead atoms. The van der Waals surface area contributed by atoms with Crippen molar-refractivity contribution in [1.29, 1.82) is 0 Å². The van der Waals surface area contributed by atoms with Crippen molar-refractivity contribution in [3.8, 4) is 10.6 Å². The Morgan fingerprint density at radius 1 is 1.45 bits per heavy atom. The van der Waals surface area contributed by atoms with Gasteiger partial charge in [0.15, 0.2) is 11.5 Å². The monoisotopic (exact) mass is 316 g/mol. The molecule has 3 aromatic heterocycles. The molecule has 0 fully saturated rings. The van der Waals surface area contributed by atoms with E-state index in [0.29, 0.717) is 18.0 Å². The summed E-state index contributed by atoms with van der Waals surface area (Å²) in [4.78, 5) is 12.9. The first-order chi connectivity index (χ1) is 10.7. The molecule has 0 aliphatic heterocycles. The third-order valence-electron chi connectivity index (χ3n) is 3.13. The van der Waals surface area contributed by atoms with Gasteiger partial charge in [-0.2, -0.15) is 5.10 Å². The quantitative estimate of drug-likeness (QED) is 0.710. The SMILES string of the molecule is Cc1ccn(CCCNC(=O)c2cc(-c3cccs3)on2)n1. The molecule has 0 saturated heterocycles. The summed E-state index contributed by atoms with van der Waals surface area (Å²) in [6.45, 7) is 3.29. The van der Waals surface area contributed by atoms with E-state index in [4.69, 9.17) is 4.52 Å². The van der Waals surface area contributed by atoms with Gasteiger partial charge in [0.05, 0.1) is 10.6 Å². The molecule has 3 heterocycles. The van der Waals surface area contributed by atoms with E-state index in [1.165, 1.54) is 0 Å². The maximum absolute atomic E-state index is 12.0. The van der Waals surface area contributed by atoms with Gasteiger partial charge >= 0.3 is 0 Å². The Labute approximate surface area is 131 Å². The van der Waals surface area contributed by atoms with Crippen LogP contribution in [0.4, 0.5) is 0 Å². The van der Waals surface area contributed by atoms with Gasteiger partial charge in [-0.15, -0.1) is 11.3 Å². The standard InChI is InChI=1S/C15H16N4O2S/c1-11-5-8-19(17-11)7-3-6-16-15(20)12-10-13(21-18-12)14-4-2-9-22-14/h2,4-5,8-10H,3,6-7H2,1H3,(H,16,20). The van der Waals surface area contributed by atoms with Gasteiger partial charge in [0.1, 0.15) is 0 Å². The normalized spacial score (nSPS) is 10.8. The fourth-order valence-corrected chi connectivity index (χ4v) is 2.71. The second kappa shape index (κ2) is 6.57. The summed E-state index contributed by atoms with van der Waals surface area (Å²) in [5.41, 5.74) is 1.30. The Hall–Kier alpha value is -2.41. The lowest BCUT2D eigenvalue weighted by Crippen LogP contribution is -2.25. The van der Waals surface area contributed by atoms with Crippen LogP contribution < -0.4 is 5.32 Å². The molecule has 3 aromatic rings. The van der Waals surface area contributed by atoms with Crippen LogP contribution >= 0.6 is 11.3 Å². The number of thiophene rings is 1. The van der Waals surface area contributed by atoms with Crippen molar-refractivity contribution in [3.05, 3.63) is 47.2 Å². The first kappa shape index (κ1) is 14.5. The molecule has 114 valence electrons. The van der Waals surface area contributed by atoms with Crippen molar-refractivity contribution >= 4 is 17.2 Å². The molecule has 1 N–H and O–H groups in total. The topological polar surface area (TPSA) is 73.0 Å². The van der Waals surface area contributed by atoms with Crippen LogP contribution in [0.2, 0.25) is 0 Å². The Bertz CT molecular complexity index is 745. The molecule has 0 aromatic carbocycles. The number of aryl methyl sites for hydroxylation is 2. The molecule has 0 spiro atoms. The van der Waals surface area contributed by atoms with Gasteiger partial charge in [0, 0.05) is 25.4 Å². The molecule has 3 rings (SSSR count). The van der Waals surface area contributed by atoms with E-state index < -0.39 is 0 Å². The predicted molar refractivity (Wildman–Crippen MR) is 83.7 cm³/mol. The molecular formula is C15H16N4O2S. The van der Waals surface area contributed by atoms with Crippen molar-refractivity contribution in [1.82, 2.24) is 20.3 Å². The first-order valence-electron chi connectivity index (χ1n) is 7.01. The van der Waals surface area contributed by atoms with Gasteiger partial charge in [0.25, 0.3) is 5.91 Å². The van der Waals surface area contributed by atoms with Crippen molar-refractivity contribution in [2.45, 2.75) is 19.9 Å². The van der Waals surface area contributed by atoms with Crippen LogP contribution in [0.5, 0.6) is 0 Å². The molecule has 0 aliphatic rings. The van der Waals surface area contributed by atoms with E-state index in [-0.39, 0.29) is 5.91 Å². The Balaban J connectivity index is 1.48. The number of nitrogens with one attached hydrogen (secondary N) is 1. The highest BCUT2D eigenvalue weighted by Gasteiger charge is 2.13. The van der Waals surface area contributed by atoms with Crippen molar-refractivity contribution in [3.63, 3.8) is 0 Å². The van der Waals surface area contributed by atoms with Gasteiger partial charge in [-0.05, 0) is 30.9 Å². The van der Waals surface area contributed by atoms with E-state index in [0.717, 1.165) is 23.5 Å². The van der Waals surface area contributed by atoms with E-state index in [1.807, 2.05) is 41.4 Å². The highest BCUT2D eigenvalue weighted by molar-refractivity contribution is 7.13. The molecule has 0 unspecified atom stereocenters. The first-order valence-corrected chi connectivity index (χ1v) is 7.89. The highest BCUT2D eigenvalue weighted by atomic mass is 32.1. The van der Waals surface area contributed by atoms with Crippen LogP contribution in [0, 0.1) is 6.92 Å². The molecule has 6 nitrogen and oxygen atoms in total. The smallest absolute Gasteiger partial charge is 0.273 e. The number of hydrogen-bond donors (Lipinski definition) is 1. The largest absolute Gasteiger partial charge is 0.355 e. The average Bonchev–Trinajstić information content (AvgIpc) is 3.23. The number of nitrogens with zero attached hydrogens (tertiary/aromatic N) is 3. The molecule has 1 amide bonds. The van der Waals surface area contributed by atoms with Crippen LogP contribution in [-0.2, 0) is 6.54 Å². The van der Waals surface area contributed by atoms with Gasteiger partial charge in [-0.3, -0.25) is 9.48 Å². The number of carbonyl (C=O) groups excluding carboxylic acids is 1. The number of amides is 1. The third kappa shape index (κ3) is 3.43. The number of hydrogen-bond acceptors (Lipinski definition) is 5. The molecular weight excluding hydrogens is 300 g/mol. The summed E-state index contributed by atoms with van der Waals surface area (Å²) < 4.78 is 7.06. The van der Waals surface area contributed by atoms with E-state index in [1.54, 1.807) is 17.4 Å². The Morgan fingerprint density at radius 3 is 3.09 bits per heavy atom. The Kier molecular flexibility index (Phi) is 4.34. The molecule has 0 radical (unpaired) electrons. The molecule has 0 saturated carbocycles. The highest BCUT2D eigenvalue weighted by Crippen LogP contribution is 2.24. The summed E-state index contributed by atoms with van der Waals surface area (Å²) in [7, 11) is 0. The van der Waals surface area contributed by atoms with E-state index in [9.17, 15) is 4.79 Å². The molecule has 0 aliphatic carbocycles. The third-order valence-corrected chi connectivity index (χ3v) is 4.01. The zero-order valence-corrected chi connectivity index (χ0v) is 13.0. The van der Waals surface area contributed by atoms with Gasteiger partial charge in [0.2, 0.25) is 0 Å². The van der Waals surface area contributed by atoms with Crippen LogP contribution in [0.3, 0.4) is 0 Å². The molecule has 22 heavy (non-hydrogen) atoms. The average molecular weight is 316 g/mol. The second-order valence-corrected chi connectivity index (χ2v) is 5.83. The fraction of sp³-hybridized carbons (Fsp3) is 0.267. The summed E-state index contributed by atoms with van der Waals surface area (Å²) in [5.74, 6) is 0.398. The van der Waals surface area contributed by atoms with Crippen molar-refractivity contribution in [2.75, 3.05) is 6.54 Å². The van der Waals surface area contributed by atoms with Crippen LogP contribution in [0.25, 0.3) is 10.6 Å². The molecule has 7 heteroatoms. The summed E-state index contributed by atoms with van der Waals surface area (Å²) in [6, 6.07) is 7.48. The van der Waals surface area contributed by atoms with Crippen LogP contribution in [0.15, 0.2) is 40.4 Å². The summed E-state index contributed by atoms with van der Waals surface area (Å²) >= 11 is 1.55. The van der Waals surface area contributed by atoms with Crippen molar-refractivity contribution in [2.24, 2.45) is 0 Å². The minimum atomic E-state index is -0.219. The second-order valence-electron chi connectivity index (χ2n) is 4.88. The van der Waals surface area contributed by atoms with Crippen molar-refractivity contribution < 1.29 is 9.32 Å². The van der Waals surface area contributed by atoms with E-state index in [2.05, 4.69) is 15.6 Å². The fourth-order valence-electron chi connectivity index (χ4n) is 2.04. The zero-order valence-electron chi connectivity index (χ0n) is 12.2. The van der Waals surface area contributed by atoms with Gasteiger partial charge in [-0.1, -0.05) is 11.2 Å². The lowest BCUT2D eigenvalue weighted by molar-refractivity contribution is 0.0943. The number of aromatic nitrogens is 3. The summed E-state index contributed by atoms with van der Waals surface area (Å²) in [5, 5.41) is 12.9. The van der Waals surface area contributed by atoms with E-state index >= 15 is 0 Å². The molecule has 0 atom stereocenters. The maximum atomic E-state index is 12.0. The minimum absolute atomic E-state index is 0.219. The minimum Gasteiger partial charge on any atom is -0.355 e. The predicted octanol–water partition coefficient (Wildman–Crippen LogP) is 2.73.